The first kappa shape index (κ1) is 18.3. The van der Waals surface area contributed by atoms with Crippen LogP contribution in [0, 0.1) is 0 Å². The minimum Gasteiger partial charge on any atom is -0.379 e. The van der Waals surface area contributed by atoms with E-state index in [1.54, 1.807) is 6.07 Å². The molecule has 0 saturated carbocycles. The highest BCUT2D eigenvalue weighted by atomic mass is 35.5. The van der Waals surface area contributed by atoms with Crippen molar-refractivity contribution in [2.45, 2.75) is 6.54 Å². The van der Waals surface area contributed by atoms with Crippen molar-refractivity contribution in [3.05, 3.63) is 53.8 Å². The normalized spacial score (nSPS) is 15.2. The SMILES string of the molecule is Clc1cccc(-c2nc(-c3ccc4c(c3)ncn4CCN3CCOCC3)no2)c1. The Balaban J connectivity index is 1.35. The van der Waals surface area contributed by atoms with Gasteiger partial charge in [-0.25, -0.2) is 4.98 Å². The van der Waals surface area contributed by atoms with Crippen molar-refractivity contribution in [3.8, 4) is 22.8 Å². The van der Waals surface area contributed by atoms with E-state index >= 15 is 0 Å². The highest BCUT2D eigenvalue weighted by molar-refractivity contribution is 6.30. The van der Waals surface area contributed by atoms with Gasteiger partial charge in [-0.05, 0) is 36.4 Å². The lowest BCUT2D eigenvalue weighted by Crippen LogP contribution is -2.38. The molecule has 1 aliphatic rings. The molecule has 0 spiro atoms. The van der Waals surface area contributed by atoms with Crippen LogP contribution < -0.4 is 0 Å². The Kier molecular flexibility index (Phi) is 5.01. The number of ether oxygens (including phenoxy) is 1. The van der Waals surface area contributed by atoms with Gasteiger partial charge in [0.25, 0.3) is 5.89 Å². The van der Waals surface area contributed by atoms with Gasteiger partial charge in [-0.3, -0.25) is 4.90 Å². The predicted octanol–water partition coefficient (Wildman–Crippen LogP) is 3.74. The Morgan fingerprint density at radius 3 is 2.76 bits per heavy atom. The number of halogens is 1. The molecule has 2 aromatic carbocycles. The number of morpholine rings is 1. The van der Waals surface area contributed by atoms with Crippen LogP contribution in [-0.2, 0) is 11.3 Å². The van der Waals surface area contributed by atoms with Crippen LogP contribution in [-0.4, -0.2) is 57.4 Å². The monoisotopic (exact) mass is 409 g/mol. The molecule has 1 saturated heterocycles. The van der Waals surface area contributed by atoms with Gasteiger partial charge in [-0.1, -0.05) is 22.8 Å². The van der Waals surface area contributed by atoms with E-state index in [0.717, 1.165) is 61.6 Å². The summed E-state index contributed by atoms with van der Waals surface area (Å²) in [4.78, 5) is 11.5. The number of hydrogen-bond acceptors (Lipinski definition) is 6. The molecule has 0 atom stereocenters. The molecular formula is C21H20ClN5O2. The summed E-state index contributed by atoms with van der Waals surface area (Å²) in [5.74, 6) is 0.975. The van der Waals surface area contributed by atoms with Gasteiger partial charge >= 0.3 is 0 Å². The highest BCUT2D eigenvalue weighted by Gasteiger charge is 2.14. The fourth-order valence-electron chi connectivity index (χ4n) is 3.53. The molecule has 0 unspecified atom stereocenters. The summed E-state index contributed by atoms with van der Waals surface area (Å²) < 4.78 is 13.0. The summed E-state index contributed by atoms with van der Waals surface area (Å²) in [7, 11) is 0. The number of aromatic nitrogens is 4. The molecule has 3 heterocycles. The quantitative estimate of drug-likeness (QED) is 0.500. The third-order valence-corrected chi connectivity index (χ3v) is 5.37. The summed E-state index contributed by atoms with van der Waals surface area (Å²) in [5.41, 5.74) is 3.68. The minimum absolute atomic E-state index is 0.443. The summed E-state index contributed by atoms with van der Waals surface area (Å²) in [5, 5.41) is 4.75. The maximum absolute atomic E-state index is 6.05. The van der Waals surface area contributed by atoms with Crippen molar-refractivity contribution in [2.24, 2.45) is 0 Å². The summed E-state index contributed by atoms with van der Waals surface area (Å²) in [6, 6.07) is 13.4. The standard InChI is InChI=1S/C21H20ClN5O2/c22-17-3-1-2-16(12-17)21-24-20(25-29-21)15-4-5-19-18(13-15)23-14-27(19)7-6-26-8-10-28-11-9-26/h1-5,12-14H,6-11H2. The van der Waals surface area contributed by atoms with Crippen LogP contribution >= 0.6 is 11.6 Å². The van der Waals surface area contributed by atoms with E-state index in [1.807, 2.05) is 36.7 Å². The van der Waals surface area contributed by atoms with Gasteiger partial charge in [0.15, 0.2) is 0 Å². The van der Waals surface area contributed by atoms with E-state index < -0.39 is 0 Å². The molecule has 0 aliphatic carbocycles. The van der Waals surface area contributed by atoms with Gasteiger partial charge in [0.1, 0.15) is 0 Å². The molecule has 5 rings (SSSR count). The predicted molar refractivity (Wildman–Crippen MR) is 111 cm³/mol. The van der Waals surface area contributed by atoms with E-state index in [-0.39, 0.29) is 0 Å². The minimum atomic E-state index is 0.443. The lowest BCUT2D eigenvalue weighted by atomic mass is 10.2. The van der Waals surface area contributed by atoms with Crippen LogP contribution in [0.3, 0.4) is 0 Å². The second-order valence-electron chi connectivity index (χ2n) is 7.03. The van der Waals surface area contributed by atoms with Crippen LogP contribution in [0.2, 0.25) is 5.02 Å². The zero-order valence-corrected chi connectivity index (χ0v) is 16.5. The molecule has 8 heteroatoms. The van der Waals surface area contributed by atoms with E-state index in [0.29, 0.717) is 16.7 Å². The largest absolute Gasteiger partial charge is 0.379 e. The zero-order chi connectivity index (χ0) is 19.6. The Bertz CT molecular complexity index is 1130. The Labute approximate surface area is 172 Å². The molecular weight excluding hydrogens is 390 g/mol. The van der Waals surface area contributed by atoms with Crippen LogP contribution in [0.1, 0.15) is 0 Å². The maximum Gasteiger partial charge on any atom is 0.258 e. The van der Waals surface area contributed by atoms with E-state index in [2.05, 4.69) is 30.7 Å². The lowest BCUT2D eigenvalue weighted by Gasteiger charge is -2.26. The number of hydrogen-bond donors (Lipinski definition) is 0. The number of nitrogens with zero attached hydrogens (tertiary/aromatic N) is 5. The second kappa shape index (κ2) is 7.94. The number of rotatable bonds is 5. The number of imidazole rings is 1. The molecule has 1 fully saturated rings. The third kappa shape index (κ3) is 3.89. The molecule has 2 aromatic heterocycles. The Morgan fingerprint density at radius 2 is 1.90 bits per heavy atom. The average Bonchev–Trinajstić information content (AvgIpc) is 3.40. The second-order valence-corrected chi connectivity index (χ2v) is 7.47. The molecule has 0 radical (unpaired) electrons. The van der Waals surface area contributed by atoms with E-state index in [1.165, 1.54) is 0 Å². The van der Waals surface area contributed by atoms with Gasteiger partial charge < -0.3 is 13.8 Å². The van der Waals surface area contributed by atoms with Crippen LogP contribution in [0.4, 0.5) is 0 Å². The summed E-state index contributed by atoms with van der Waals surface area (Å²) in [6.07, 6.45) is 1.89. The van der Waals surface area contributed by atoms with Gasteiger partial charge in [0.2, 0.25) is 5.82 Å². The van der Waals surface area contributed by atoms with Gasteiger partial charge in [-0.2, -0.15) is 4.98 Å². The lowest BCUT2D eigenvalue weighted by molar-refractivity contribution is 0.0365. The highest BCUT2D eigenvalue weighted by Crippen LogP contribution is 2.26. The summed E-state index contributed by atoms with van der Waals surface area (Å²) >= 11 is 6.05. The van der Waals surface area contributed by atoms with Crippen molar-refractivity contribution in [1.82, 2.24) is 24.6 Å². The molecule has 148 valence electrons. The Morgan fingerprint density at radius 1 is 1.00 bits per heavy atom. The van der Waals surface area contributed by atoms with Crippen molar-refractivity contribution in [1.29, 1.82) is 0 Å². The van der Waals surface area contributed by atoms with Gasteiger partial charge in [0.05, 0.1) is 30.6 Å². The van der Waals surface area contributed by atoms with E-state index in [4.69, 9.17) is 20.9 Å². The smallest absolute Gasteiger partial charge is 0.258 e. The molecule has 7 nitrogen and oxygen atoms in total. The van der Waals surface area contributed by atoms with Crippen molar-refractivity contribution in [3.63, 3.8) is 0 Å². The van der Waals surface area contributed by atoms with Gasteiger partial charge in [0, 0.05) is 42.3 Å². The first-order valence-corrected chi connectivity index (χ1v) is 9.99. The molecule has 1 aliphatic heterocycles. The number of benzene rings is 2. The van der Waals surface area contributed by atoms with Crippen LogP contribution in [0.15, 0.2) is 53.3 Å². The first-order chi connectivity index (χ1) is 14.3. The first-order valence-electron chi connectivity index (χ1n) is 9.61. The zero-order valence-electron chi connectivity index (χ0n) is 15.8. The van der Waals surface area contributed by atoms with Crippen molar-refractivity contribution < 1.29 is 9.26 Å². The fraction of sp³-hybridized carbons (Fsp3) is 0.286. The molecule has 0 amide bonds. The van der Waals surface area contributed by atoms with Crippen molar-refractivity contribution in [2.75, 3.05) is 32.8 Å². The van der Waals surface area contributed by atoms with E-state index in [9.17, 15) is 0 Å². The van der Waals surface area contributed by atoms with Crippen molar-refractivity contribution >= 4 is 22.6 Å². The average molecular weight is 410 g/mol. The number of fused-ring (bicyclic) bond motifs is 1. The molecule has 0 bridgehead atoms. The fourth-order valence-corrected chi connectivity index (χ4v) is 3.72. The van der Waals surface area contributed by atoms with Crippen LogP contribution in [0.5, 0.6) is 0 Å². The molecule has 0 N–H and O–H groups in total. The topological polar surface area (TPSA) is 69.2 Å². The van der Waals surface area contributed by atoms with Gasteiger partial charge in [-0.15, -0.1) is 0 Å². The molecule has 4 aromatic rings. The maximum atomic E-state index is 6.05. The van der Waals surface area contributed by atoms with Crippen LogP contribution in [0.25, 0.3) is 33.9 Å². The Hall–Kier alpha value is -2.74. The molecule has 29 heavy (non-hydrogen) atoms. The summed E-state index contributed by atoms with van der Waals surface area (Å²) in [6.45, 7) is 5.50. The third-order valence-electron chi connectivity index (χ3n) is 5.14.